The van der Waals surface area contributed by atoms with E-state index in [0.29, 0.717) is 31.9 Å². The fraction of sp³-hybridized carbons (Fsp3) is 0.348. The molecule has 162 valence electrons. The molecule has 0 saturated carbocycles. The van der Waals surface area contributed by atoms with Gasteiger partial charge in [0.2, 0.25) is 5.91 Å². The van der Waals surface area contributed by atoms with Gasteiger partial charge in [-0.15, -0.1) is 11.3 Å². The summed E-state index contributed by atoms with van der Waals surface area (Å²) in [4.78, 5) is 23.6. The number of pyridine rings is 1. The van der Waals surface area contributed by atoms with Gasteiger partial charge in [-0.25, -0.2) is 14.4 Å². The molecule has 1 aliphatic heterocycles. The number of hydrogen-bond donors (Lipinski definition) is 1. The average Bonchev–Trinajstić information content (AvgIpc) is 3.20. The first-order valence-corrected chi connectivity index (χ1v) is 11.2. The van der Waals surface area contributed by atoms with Crippen molar-refractivity contribution in [1.82, 2.24) is 14.9 Å². The number of nitrogens with zero attached hydrogens (tertiary/aromatic N) is 3. The second-order valence-electron chi connectivity index (χ2n) is 7.55. The van der Waals surface area contributed by atoms with Crippen molar-refractivity contribution in [3.63, 3.8) is 0 Å². The Kier molecular flexibility index (Phi) is 6.89. The van der Waals surface area contributed by atoms with Gasteiger partial charge in [0, 0.05) is 18.3 Å². The third-order valence-corrected chi connectivity index (χ3v) is 6.02. The van der Waals surface area contributed by atoms with Crippen LogP contribution in [0.3, 0.4) is 0 Å². The lowest BCUT2D eigenvalue weighted by Crippen LogP contribution is -2.42. The number of morpholine rings is 1. The first kappa shape index (κ1) is 21.4. The Morgan fingerprint density at radius 2 is 2.10 bits per heavy atom. The highest BCUT2D eigenvalue weighted by Gasteiger charge is 2.26. The van der Waals surface area contributed by atoms with Crippen LogP contribution < -0.4 is 5.32 Å². The van der Waals surface area contributed by atoms with E-state index in [2.05, 4.69) is 15.3 Å². The zero-order chi connectivity index (χ0) is 21.6. The zero-order valence-corrected chi connectivity index (χ0v) is 18.2. The number of thiazole rings is 1. The molecule has 0 unspecified atom stereocenters. The number of ether oxygens (including phenoxy) is 1. The average molecular weight is 441 g/mol. The summed E-state index contributed by atoms with van der Waals surface area (Å²) in [6.45, 7) is 3.51. The number of carbonyl (C=O) groups is 1. The van der Waals surface area contributed by atoms with Crippen molar-refractivity contribution in [2.45, 2.75) is 32.3 Å². The maximum absolute atomic E-state index is 13.0. The number of anilines is 2. The van der Waals surface area contributed by atoms with E-state index in [1.54, 1.807) is 12.1 Å². The van der Waals surface area contributed by atoms with E-state index in [-0.39, 0.29) is 17.8 Å². The second-order valence-corrected chi connectivity index (χ2v) is 8.40. The Morgan fingerprint density at radius 3 is 2.87 bits per heavy atom. The van der Waals surface area contributed by atoms with Crippen LogP contribution in [0.2, 0.25) is 0 Å². The minimum Gasteiger partial charge on any atom is -0.368 e. The molecule has 1 N–H and O–H groups in total. The molecule has 0 spiro atoms. The van der Waals surface area contributed by atoms with E-state index >= 15 is 0 Å². The molecule has 4 rings (SSSR count). The van der Waals surface area contributed by atoms with Crippen LogP contribution in [0.4, 0.5) is 15.3 Å². The fourth-order valence-electron chi connectivity index (χ4n) is 3.53. The fourth-order valence-corrected chi connectivity index (χ4v) is 4.22. The first-order valence-electron chi connectivity index (χ1n) is 10.4. The smallest absolute Gasteiger partial charge is 0.222 e. The Labute approximate surface area is 185 Å². The number of aromatic nitrogens is 2. The van der Waals surface area contributed by atoms with Gasteiger partial charge in [-0.05, 0) is 49.6 Å². The van der Waals surface area contributed by atoms with Crippen LogP contribution >= 0.6 is 11.3 Å². The van der Waals surface area contributed by atoms with Crippen LogP contribution in [0.1, 0.15) is 35.9 Å². The molecule has 1 fully saturated rings. The molecule has 31 heavy (non-hydrogen) atoms. The normalized spacial score (nSPS) is 16.3. The molecule has 1 aliphatic rings. The Balaban J connectivity index is 1.32. The number of nitrogens with one attached hydrogen (secondary N) is 1. The topological polar surface area (TPSA) is 67.4 Å². The van der Waals surface area contributed by atoms with E-state index < -0.39 is 0 Å². The Hall–Kier alpha value is -2.84. The molecule has 3 aromatic rings. The molecule has 1 atom stereocenters. The quantitative estimate of drug-likeness (QED) is 0.579. The number of aryl methyl sites for hydroxylation is 2. The summed E-state index contributed by atoms with van der Waals surface area (Å²) in [6, 6.07) is 12.2. The van der Waals surface area contributed by atoms with Crippen LogP contribution in [0.5, 0.6) is 0 Å². The van der Waals surface area contributed by atoms with Gasteiger partial charge in [0.15, 0.2) is 5.13 Å². The maximum Gasteiger partial charge on any atom is 0.222 e. The van der Waals surface area contributed by atoms with Gasteiger partial charge in [-0.1, -0.05) is 18.2 Å². The Morgan fingerprint density at radius 1 is 1.26 bits per heavy atom. The lowest BCUT2D eigenvalue weighted by Gasteiger charge is -2.33. The summed E-state index contributed by atoms with van der Waals surface area (Å²) in [6.07, 6.45) is 1.69. The van der Waals surface area contributed by atoms with Crippen molar-refractivity contribution in [3.05, 3.63) is 70.6 Å². The molecule has 0 radical (unpaired) electrons. The molecule has 3 heterocycles. The highest BCUT2D eigenvalue weighted by molar-refractivity contribution is 7.13. The van der Waals surface area contributed by atoms with Gasteiger partial charge in [-0.3, -0.25) is 4.79 Å². The number of hydrogen-bond acceptors (Lipinski definition) is 6. The summed E-state index contributed by atoms with van der Waals surface area (Å²) in [5.41, 5.74) is 2.80. The van der Waals surface area contributed by atoms with Crippen LogP contribution in [0.25, 0.3) is 0 Å². The molecule has 6 nitrogen and oxygen atoms in total. The summed E-state index contributed by atoms with van der Waals surface area (Å²) < 4.78 is 18.9. The van der Waals surface area contributed by atoms with Crippen molar-refractivity contribution in [2.75, 3.05) is 25.0 Å². The van der Waals surface area contributed by atoms with Crippen molar-refractivity contribution >= 4 is 28.2 Å². The predicted molar refractivity (Wildman–Crippen MR) is 119 cm³/mol. The SMILES string of the molecule is Cc1csc(Nc2cccc([C@@H]3CN(C(=O)CCCc4ccc(F)cc4)CCO3)n2)n1. The molecular formula is C23H25FN4O2S. The number of rotatable bonds is 7. The van der Waals surface area contributed by atoms with Gasteiger partial charge in [0.1, 0.15) is 17.7 Å². The molecule has 2 aromatic heterocycles. The monoisotopic (exact) mass is 440 g/mol. The van der Waals surface area contributed by atoms with E-state index in [0.717, 1.165) is 34.9 Å². The number of benzene rings is 1. The Bertz CT molecular complexity index is 1020. The molecule has 1 amide bonds. The third kappa shape index (κ3) is 5.86. The van der Waals surface area contributed by atoms with Gasteiger partial charge >= 0.3 is 0 Å². The second kappa shape index (κ2) is 9.98. The standard InChI is InChI=1S/C23H25FN4O2S/c1-16-15-31-23(25-16)27-21-6-3-5-19(26-21)20-14-28(12-13-30-20)22(29)7-2-4-17-8-10-18(24)11-9-17/h3,5-6,8-11,15,20H,2,4,7,12-14H2,1H3,(H,25,26,27)/t20-/m0/s1. The number of amides is 1. The lowest BCUT2D eigenvalue weighted by molar-refractivity contribution is -0.139. The van der Waals surface area contributed by atoms with Crippen molar-refractivity contribution in [3.8, 4) is 0 Å². The predicted octanol–water partition coefficient (Wildman–Crippen LogP) is 4.65. The minimum absolute atomic E-state index is 0.114. The van der Waals surface area contributed by atoms with E-state index in [1.807, 2.05) is 35.4 Å². The molecule has 1 aromatic carbocycles. The van der Waals surface area contributed by atoms with Gasteiger partial charge in [0.05, 0.1) is 24.5 Å². The molecule has 0 bridgehead atoms. The minimum atomic E-state index is -0.255. The highest BCUT2D eigenvalue weighted by atomic mass is 32.1. The zero-order valence-electron chi connectivity index (χ0n) is 17.4. The third-order valence-electron chi connectivity index (χ3n) is 5.14. The van der Waals surface area contributed by atoms with Crippen LogP contribution in [0.15, 0.2) is 47.8 Å². The van der Waals surface area contributed by atoms with Crippen molar-refractivity contribution < 1.29 is 13.9 Å². The summed E-state index contributed by atoms with van der Waals surface area (Å²) >= 11 is 1.53. The van der Waals surface area contributed by atoms with E-state index in [9.17, 15) is 9.18 Å². The van der Waals surface area contributed by atoms with E-state index in [1.165, 1.54) is 23.5 Å². The summed E-state index contributed by atoms with van der Waals surface area (Å²) in [7, 11) is 0. The van der Waals surface area contributed by atoms with Crippen LogP contribution in [-0.2, 0) is 16.0 Å². The highest BCUT2D eigenvalue weighted by Crippen LogP contribution is 2.25. The first-order chi connectivity index (χ1) is 15.1. The number of halogens is 1. The van der Waals surface area contributed by atoms with E-state index in [4.69, 9.17) is 4.74 Å². The van der Waals surface area contributed by atoms with Crippen molar-refractivity contribution in [2.24, 2.45) is 0 Å². The van der Waals surface area contributed by atoms with Crippen molar-refractivity contribution in [1.29, 1.82) is 0 Å². The largest absolute Gasteiger partial charge is 0.368 e. The summed E-state index contributed by atoms with van der Waals surface area (Å²) in [5.74, 6) is 0.579. The maximum atomic E-state index is 13.0. The van der Waals surface area contributed by atoms with Gasteiger partial charge < -0.3 is 15.0 Å². The molecule has 0 aliphatic carbocycles. The van der Waals surface area contributed by atoms with Crippen LogP contribution in [-0.4, -0.2) is 40.5 Å². The van der Waals surface area contributed by atoms with Gasteiger partial charge in [0.25, 0.3) is 0 Å². The number of carbonyl (C=O) groups excluding carboxylic acids is 1. The van der Waals surface area contributed by atoms with Crippen LogP contribution in [0, 0.1) is 12.7 Å². The van der Waals surface area contributed by atoms with Gasteiger partial charge in [-0.2, -0.15) is 0 Å². The molecule has 8 heteroatoms. The molecular weight excluding hydrogens is 415 g/mol. The molecule has 1 saturated heterocycles. The summed E-state index contributed by atoms with van der Waals surface area (Å²) in [5, 5.41) is 6.00. The lowest BCUT2D eigenvalue weighted by atomic mass is 10.1.